The average Bonchev–Trinajstić information content (AvgIpc) is 2.38. The van der Waals surface area contributed by atoms with Crippen LogP contribution in [0, 0.1) is 11.8 Å². The molecule has 2 saturated carbocycles. The van der Waals surface area contributed by atoms with E-state index in [0.29, 0.717) is 5.75 Å². The maximum Gasteiger partial charge on any atom is 0.115 e. The van der Waals surface area contributed by atoms with E-state index in [9.17, 15) is 5.11 Å². The number of rotatable bonds is 1. The van der Waals surface area contributed by atoms with Crippen LogP contribution in [0.25, 0.3) is 5.57 Å². The van der Waals surface area contributed by atoms with Crippen LogP contribution in [0.5, 0.6) is 5.75 Å². The lowest BCUT2D eigenvalue weighted by Gasteiger charge is -2.39. The SMILES string of the molecule is CC(=C1C2CCCC1CCC2)c1ccc(O)cc1. The summed E-state index contributed by atoms with van der Waals surface area (Å²) in [7, 11) is 0. The van der Waals surface area contributed by atoms with Gasteiger partial charge in [-0.1, -0.05) is 30.5 Å². The molecule has 1 aromatic rings. The molecule has 0 spiro atoms. The summed E-state index contributed by atoms with van der Waals surface area (Å²) in [6.07, 6.45) is 8.40. The highest BCUT2D eigenvalue weighted by Gasteiger charge is 2.32. The van der Waals surface area contributed by atoms with Gasteiger partial charge in [0.25, 0.3) is 0 Å². The predicted molar refractivity (Wildman–Crippen MR) is 75.4 cm³/mol. The van der Waals surface area contributed by atoms with E-state index in [2.05, 4.69) is 19.1 Å². The van der Waals surface area contributed by atoms with E-state index >= 15 is 0 Å². The fourth-order valence-corrected chi connectivity index (χ4v) is 3.96. The Morgan fingerprint density at radius 3 is 1.94 bits per heavy atom. The van der Waals surface area contributed by atoms with Crippen molar-refractivity contribution in [1.82, 2.24) is 0 Å². The van der Waals surface area contributed by atoms with Crippen LogP contribution in [-0.4, -0.2) is 5.11 Å². The van der Waals surface area contributed by atoms with Crippen LogP contribution in [0.2, 0.25) is 0 Å². The summed E-state index contributed by atoms with van der Waals surface area (Å²) in [5.74, 6) is 2.04. The number of hydrogen-bond acceptors (Lipinski definition) is 1. The topological polar surface area (TPSA) is 20.2 Å². The van der Waals surface area contributed by atoms with E-state index in [-0.39, 0.29) is 0 Å². The van der Waals surface area contributed by atoms with E-state index in [1.807, 2.05) is 0 Å². The van der Waals surface area contributed by atoms with E-state index in [4.69, 9.17) is 0 Å². The zero-order valence-electron chi connectivity index (χ0n) is 11.2. The van der Waals surface area contributed by atoms with E-state index in [0.717, 1.165) is 11.8 Å². The van der Waals surface area contributed by atoms with E-state index in [1.54, 1.807) is 17.7 Å². The highest BCUT2D eigenvalue weighted by atomic mass is 16.3. The van der Waals surface area contributed by atoms with Crippen molar-refractivity contribution in [3.05, 3.63) is 35.4 Å². The number of phenols is 1. The van der Waals surface area contributed by atoms with Crippen molar-refractivity contribution in [2.45, 2.75) is 45.4 Å². The second kappa shape index (κ2) is 4.79. The Balaban J connectivity index is 1.99. The van der Waals surface area contributed by atoms with Crippen LogP contribution in [0.4, 0.5) is 0 Å². The largest absolute Gasteiger partial charge is 0.508 e. The van der Waals surface area contributed by atoms with Gasteiger partial charge in [0.2, 0.25) is 0 Å². The third-order valence-corrected chi connectivity index (χ3v) is 4.82. The van der Waals surface area contributed by atoms with Crippen LogP contribution < -0.4 is 0 Å². The molecule has 0 atom stereocenters. The Bertz CT molecular complexity index is 431. The molecule has 18 heavy (non-hydrogen) atoms. The van der Waals surface area contributed by atoms with Crippen molar-refractivity contribution in [3.63, 3.8) is 0 Å². The van der Waals surface area contributed by atoms with Crippen LogP contribution in [0.15, 0.2) is 29.8 Å². The number of fused-ring (bicyclic) bond motifs is 2. The van der Waals surface area contributed by atoms with Gasteiger partial charge in [-0.15, -0.1) is 0 Å². The molecule has 1 nitrogen and oxygen atoms in total. The first-order valence-electron chi connectivity index (χ1n) is 7.26. The van der Waals surface area contributed by atoms with Crippen LogP contribution in [0.1, 0.15) is 51.0 Å². The number of aromatic hydroxyl groups is 1. The first-order chi connectivity index (χ1) is 8.75. The molecule has 2 aliphatic carbocycles. The summed E-state index contributed by atoms with van der Waals surface area (Å²) in [6, 6.07) is 7.72. The molecule has 0 saturated heterocycles. The van der Waals surface area contributed by atoms with Crippen molar-refractivity contribution in [2.75, 3.05) is 0 Å². The first kappa shape index (κ1) is 11.8. The molecule has 96 valence electrons. The van der Waals surface area contributed by atoms with Crippen LogP contribution >= 0.6 is 0 Å². The second-order valence-electron chi connectivity index (χ2n) is 5.88. The summed E-state index contributed by atoms with van der Waals surface area (Å²) < 4.78 is 0. The monoisotopic (exact) mass is 242 g/mol. The summed E-state index contributed by atoms with van der Waals surface area (Å²) in [6.45, 7) is 2.28. The predicted octanol–water partition coefficient (Wildman–Crippen LogP) is 4.77. The molecular weight excluding hydrogens is 220 g/mol. The zero-order valence-corrected chi connectivity index (χ0v) is 11.2. The van der Waals surface area contributed by atoms with Gasteiger partial charge in [-0.05, 0) is 67.7 Å². The Morgan fingerprint density at radius 1 is 0.944 bits per heavy atom. The molecule has 0 amide bonds. The van der Waals surface area contributed by atoms with Crippen LogP contribution in [-0.2, 0) is 0 Å². The van der Waals surface area contributed by atoms with Crippen molar-refractivity contribution < 1.29 is 5.11 Å². The molecule has 1 aromatic carbocycles. The molecule has 3 rings (SSSR count). The van der Waals surface area contributed by atoms with Gasteiger partial charge in [0.15, 0.2) is 0 Å². The van der Waals surface area contributed by atoms with Crippen molar-refractivity contribution in [2.24, 2.45) is 11.8 Å². The van der Waals surface area contributed by atoms with Gasteiger partial charge in [-0.2, -0.15) is 0 Å². The fraction of sp³-hybridized carbons (Fsp3) is 0.529. The minimum absolute atomic E-state index is 0.361. The summed E-state index contributed by atoms with van der Waals surface area (Å²) in [4.78, 5) is 0. The molecule has 0 radical (unpaired) electrons. The molecule has 1 heteroatoms. The standard InChI is InChI=1S/C17H22O/c1-12(13-8-10-16(18)11-9-13)17-14-4-2-5-15(17)7-3-6-14/h8-11,14-15,18H,2-7H2,1H3. The summed E-state index contributed by atoms with van der Waals surface area (Å²) in [5, 5.41) is 9.39. The molecule has 0 heterocycles. The van der Waals surface area contributed by atoms with Gasteiger partial charge in [0, 0.05) is 0 Å². The molecule has 2 fully saturated rings. The molecule has 0 aromatic heterocycles. The Hall–Kier alpha value is -1.24. The van der Waals surface area contributed by atoms with Gasteiger partial charge in [-0.25, -0.2) is 0 Å². The molecule has 0 aliphatic heterocycles. The third-order valence-electron chi connectivity index (χ3n) is 4.82. The Morgan fingerprint density at radius 2 is 1.44 bits per heavy atom. The smallest absolute Gasteiger partial charge is 0.115 e. The fourth-order valence-electron chi connectivity index (χ4n) is 3.96. The number of phenolic OH excluding ortho intramolecular Hbond substituents is 1. The van der Waals surface area contributed by atoms with Gasteiger partial charge >= 0.3 is 0 Å². The molecule has 2 bridgehead atoms. The van der Waals surface area contributed by atoms with Crippen molar-refractivity contribution >= 4 is 5.57 Å². The van der Waals surface area contributed by atoms with E-state index in [1.165, 1.54) is 49.7 Å². The first-order valence-corrected chi connectivity index (χ1v) is 7.26. The number of benzene rings is 1. The Labute approximate surface area is 110 Å². The van der Waals surface area contributed by atoms with Gasteiger partial charge in [-0.3, -0.25) is 0 Å². The number of allylic oxidation sites excluding steroid dienone is 2. The minimum Gasteiger partial charge on any atom is -0.508 e. The molecule has 2 aliphatic rings. The van der Waals surface area contributed by atoms with E-state index < -0.39 is 0 Å². The molecule has 1 N–H and O–H groups in total. The minimum atomic E-state index is 0.361. The lowest BCUT2D eigenvalue weighted by molar-refractivity contribution is 0.278. The summed E-state index contributed by atoms with van der Waals surface area (Å²) in [5.41, 5.74) is 4.50. The highest BCUT2D eigenvalue weighted by Crippen LogP contribution is 2.47. The maximum absolute atomic E-state index is 9.39. The van der Waals surface area contributed by atoms with Gasteiger partial charge in [0.05, 0.1) is 0 Å². The zero-order chi connectivity index (χ0) is 12.5. The lowest BCUT2D eigenvalue weighted by atomic mass is 9.66. The van der Waals surface area contributed by atoms with Gasteiger partial charge in [0.1, 0.15) is 5.75 Å². The van der Waals surface area contributed by atoms with Crippen molar-refractivity contribution in [1.29, 1.82) is 0 Å². The normalized spacial score (nSPS) is 27.1. The highest BCUT2D eigenvalue weighted by molar-refractivity contribution is 5.68. The maximum atomic E-state index is 9.39. The Kier molecular flexibility index (Phi) is 3.15. The lowest BCUT2D eigenvalue weighted by Crippen LogP contribution is -2.25. The summed E-state index contributed by atoms with van der Waals surface area (Å²) >= 11 is 0. The number of hydrogen-bond donors (Lipinski definition) is 1. The van der Waals surface area contributed by atoms with Gasteiger partial charge < -0.3 is 5.11 Å². The quantitative estimate of drug-likeness (QED) is 0.752. The average molecular weight is 242 g/mol. The van der Waals surface area contributed by atoms with Crippen LogP contribution in [0.3, 0.4) is 0 Å². The molecular formula is C17H22O. The van der Waals surface area contributed by atoms with Crippen molar-refractivity contribution in [3.8, 4) is 5.75 Å². The third kappa shape index (κ3) is 2.07. The molecule has 0 unspecified atom stereocenters. The second-order valence-corrected chi connectivity index (χ2v) is 5.88.